The summed E-state index contributed by atoms with van der Waals surface area (Å²) in [6.07, 6.45) is 0. The molecule has 0 radical (unpaired) electrons. The number of carboxylic acid groups (broad SMARTS) is 1. The summed E-state index contributed by atoms with van der Waals surface area (Å²) in [7, 11) is 0. The maximum atomic E-state index is 10.7. The summed E-state index contributed by atoms with van der Waals surface area (Å²) in [5.41, 5.74) is 7.93. The second-order valence-electron chi connectivity index (χ2n) is 2.87. The molecular weight excluding hydrogens is 234 g/mol. The highest BCUT2D eigenvalue weighted by Crippen LogP contribution is 2.27. The van der Waals surface area contributed by atoms with Crippen molar-refractivity contribution in [1.29, 1.82) is 0 Å². The molecule has 0 amide bonds. The predicted molar refractivity (Wildman–Crippen MR) is 55.0 cm³/mol. The van der Waals surface area contributed by atoms with Gasteiger partial charge in [-0.3, -0.25) is 0 Å². The van der Waals surface area contributed by atoms with Crippen molar-refractivity contribution in [2.75, 3.05) is 5.73 Å². The quantitative estimate of drug-likeness (QED) is 0.745. The van der Waals surface area contributed by atoms with E-state index in [0.29, 0.717) is 5.69 Å². The average molecular weight is 244 g/mol. The Kier molecular flexibility index (Phi) is 2.61. The molecule has 3 nitrogen and oxygen atoms in total. The highest BCUT2D eigenvalue weighted by atomic mass is 79.9. The lowest BCUT2D eigenvalue weighted by atomic mass is 10.0. The molecular formula is C9H10BrNO2. The van der Waals surface area contributed by atoms with Gasteiger partial charge in [-0.15, -0.1) is 0 Å². The van der Waals surface area contributed by atoms with Crippen LogP contribution in [-0.2, 0) is 0 Å². The molecule has 0 heterocycles. The molecule has 1 aromatic rings. The Labute approximate surface area is 84.7 Å². The van der Waals surface area contributed by atoms with Gasteiger partial charge in [0.2, 0.25) is 0 Å². The molecule has 0 fully saturated rings. The van der Waals surface area contributed by atoms with E-state index in [2.05, 4.69) is 15.9 Å². The second-order valence-corrected chi connectivity index (χ2v) is 3.73. The van der Waals surface area contributed by atoms with Gasteiger partial charge in [-0.05, 0) is 31.0 Å². The van der Waals surface area contributed by atoms with Crippen molar-refractivity contribution >= 4 is 27.6 Å². The number of carbonyl (C=O) groups is 1. The van der Waals surface area contributed by atoms with Crippen LogP contribution in [-0.4, -0.2) is 11.1 Å². The summed E-state index contributed by atoms with van der Waals surface area (Å²) < 4.78 is 0.775. The predicted octanol–water partition coefficient (Wildman–Crippen LogP) is 2.35. The second kappa shape index (κ2) is 3.38. The lowest BCUT2D eigenvalue weighted by molar-refractivity contribution is 0.0698. The first-order valence-electron chi connectivity index (χ1n) is 3.73. The van der Waals surface area contributed by atoms with Crippen LogP contribution < -0.4 is 5.73 Å². The monoisotopic (exact) mass is 243 g/mol. The molecule has 3 N–H and O–H groups in total. The van der Waals surface area contributed by atoms with E-state index in [1.165, 1.54) is 6.07 Å². The van der Waals surface area contributed by atoms with Crippen molar-refractivity contribution in [3.05, 3.63) is 27.2 Å². The van der Waals surface area contributed by atoms with Gasteiger partial charge >= 0.3 is 5.97 Å². The molecule has 0 atom stereocenters. The number of carboxylic acids is 1. The van der Waals surface area contributed by atoms with Crippen molar-refractivity contribution in [3.63, 3.8) is 0 Å². The van der Waals surface area contributed by atoms with E-state index < -0.39 is 5.97 Å². The van der Waals surface area contributed by atoms with Crippen LogP contribution in [0.1, 0.15) is 21.5 Å². The lowest BCUT2D eigenvalue weighted by Gasteiger charge is -2.09. The number of nitrogen functional groups attached to an aromatic ring is 1. The summed E-state index contributed by atoms with van der Waals surface area (Å²) in [6.45, 7) is 3.70. The van der Waals surface area contributed by atoms with Crippen LogP contribution in [0.25, 0.3) is 0 Å². The van der Waals surface area contributed by atoms with Gasteiger partial charge in [0.25, 0.3) is 0 Å². The van der Waals surface area contributed by atoms with Crippen LogP contribution in [0.3, 0.4) is 0 Å². The van der Waals surface area contributed by atoms with Crippen molar-refractivity contribution in [2.24, 2.45) is 0 Å². The van der Waals surface area contributed by atoms with Crippen LogP contribution >= 0.6 is 15.9 Å². The van der Waals surface area contributed by atoms with E-state index in [0.717, 1.165) is 15.6 Å². The molecule has 0 aliphatic carbocycles. The summed E-state index contributed by atoms with van der Waals surface area (Å²) in [6, 6.07) is 1.53. The van der Waals surface area contributed by atoms with E-state index in [4.69, 9.17) is 10.8 Å². The van der Waals surface area contributed by atoms with Crippen molar-refractivity contribution in [3.8, 4) is 0 Å². The molecule has 0 saturated heterocycles. The van der Waals surface area contributed by atoms with Crippen LogP contribution in [0, 0.1) is 13.8 Å². The number of aromatic carboxylic acids is 1. The Hall–Kier alpha value is -1.03. The topological polar surface area (TPSA) is 63.3 Å². The first-order valence-corrected chi connectivity index (χ1v) is 4.53. The zero-order chi connectivity index (χ0) is 10.2. The molecule has 0 bridgehead atoms. The third kappa shape index (κ3) is 1.67. The van der Waals surface area contributed by atoms with Crippen LogP contribution in [0.2, 0.25) is 0 Å². The maximum absolute atomic E-state index is 10.7. The van der Waals surface area contributed by atoms with Gasteiger partial charge in [-0.1, -0.05) is 15.9 Å². The van der Waals surface area contributed by atoms with Crippen LogP contribution in [0.15, 0.2) is 10.5 Å². The molecule has 0 unspecified atom stereocenters. The molecule has 0 spiro atoms. The summed E-state index contributed by atoms with van der Waals surface area (Å²) >= 11 is 3.28. The Balaban J connectivity index is 3.50. The van der Waals surface area contributed by atoms with Crippen LogP contribution in [0.5, 0.6) is 0 Å². The zero-order valence-corrected chi connectivity index (χ0v) is 8.97. The molecule has 0 aliphatic rings. The number of hydrogen-bond donors (Lipinski definition) is 2. The maximum Gasteiger partial charge on any atom is 0.337 e. The molecule has 1 rings (SSSR count). The number of anilines is 1. The van der Waals surface area contributed by atoms with Crippen molar-refractivity contribution < 1.29 is 9.90 Å². The Bertz CT molecular complexity index is 374. The minimum Gasteiger partial charge on any atom is -0.478 e. The molecule has 70 valence electrons. The van der Waals surface area contributed by atoms with Gasteiger partial charge in [-0.2, -0.15) is 0 Å². The Morgan fingerprint density at radius 3 is 2.46 bits per heavy atom. The largest absolute Gasteiger partial charge is 0.478 e. The van der Waals surface area contributed by atoms with E-state index in [1.54, 1.807) is 0 Å². The van der Waals surface area contributed by atoms with Crippen molar-refractivity contribution in [1.82, 2.24) is 0 Å². The Morgan fingerprint density at radius 2 is 2.00 bits per heavy atom. The number of benzene rings is 1. The van der Waals surface area contributed by atoms with Crippen molar-refractivity contribution in [2.45, 2.75) is 13.8 Å². The average Bonchev–Trinajstić information content (AvgIpc) is 2.07. The number of hydrogen-bond acceptors (Lipinski definition) is 2. The highest BCUT2D eigenvalue weighted by Gasteiger charge is 2.13. The fraction of sp³-hybridized carbons (Fsp3) is 0.222. The van der Waals surface area contributed by atoms with Gasteiger partial charge in [0.15, 0.2) is 0 Å². The fourth-order valence-corrected chi connectivity index (χ4v) is 1.60. The first-order chi connectivity index (χ1) is 5.95. The fourth-order valence-electron chi connectivity index (χ4n) is 1.07. The highest BCUT2D eigenvalue weighted by molar-refractivity contribution is 9.10. The first kappa shape index (κ1) is 10.1. The van der Waals surface area contributed by atoms with Gasteiger partial charge in [0, 0.05) is 10.2 Å². The standard InChI is InChI=1S/C9H10BrNO2/c1-4-5(2)8(11)6(9(12)13)3-7(4)10/h3H,11H2,1-2H3,(H,12,13). The SMILES string of the molecule is Cc1c(Br)cc(C(=O)O)c(N)c1C. The number of rotatable bonds is 1. The van der Waals surface area contributed by atoms with Crippen LogP contribution in [0.4, 0.5) is 5.69 Å². The zero-order valence-electron chi connectivity index (χ0n) is 7.39. The van der Waals surface area contributed by atoms with Gasteiger partial charge in [0.1, 0.15) is 0 Å². The summed E-state index contributed by atoms with van der Waals surface area (Å²) in [4.78, 5) is 10.7. The molecule has 0 saturated carbocycles. The molecule has 0 aliphatic heterocycles. The molecule has 0 aromatic heterocycles. The smallest absolute Gasteiger partial charge is 0.337 e. The number of nitrogens with two attached hydrogens (primary N) is 1. The molecule has 4 heteroatoms. The van der Waals surface area contributed by atoms with E-state index >= 15 is 0 Å². The summed E-state index contributed by atoms with van der Waals surface area (Å²) in [5.74, 6) is -0.999. The van der Waals surface area contributed by atoms with Gasteiger partial charge < -0.3 is 10.8 Å². The lowest BCUT2D eigenvalue weighted by Crippen LogP contribution is -2.05. The van der Waals surface area contributed by atoms with E-state index in [-0.39, 0.29) is 5.56 Å². The third-order valence-corrected chi connectivity index (χ3v) is 2.94. The number of halogens is 1. The minimum atomic E-state index is -0.999. The third-order valence-electron chi connectivity index (χ3n) is 2.12. The molecule has 1 aromatic carbocycles. The summed E-state index contributed by atoms with van der Waals surface area (Å²) in [5, 5.41) is 8.80. The van der Waals surface area contributed by atoms with E-state index in [1.807, 2.05) is 13.8 Å². The molecule has 13 heavy (non-hydrogen) atoms. The van der Waals surface area contributed by atoms with Gasteiger partial charge in [0.05, 0.1) is 5.56 Å². The van der Waals surface area contributed by atoms with E-state index in [9.17, 15) is 4.79 Å². The van der Waals surface area contributed by atoms with Gasteiger partial charge in [-0.25, -0.2) is 4.79 Å². The normalized spacial score (nSPS) is 10.1. The minimum absolute atomic E-state index is 0.148. The Morgan fingerprint density at radius 1 is 1.46 bits per heavy atom.